The summed E-state index contributed by atoms with van der Waals surface area (Å²) in [6.45, 7) is 4.26. The van der Waals surface area contributed by atoms with E-state index in [4.69, 9.17) is 4.74 Å². The molecule has 0 atom stereocenters. The largest absolute Gasteiger partial charge is 0.462 e. The lowest BCUT2D eigenvalue weighted by Gasteiger charge is -2.13. The zero-order valence-corrected chi connectivity index (χ0v) is 18.1. The van der Waals surface area contributed by atoms with Gasteiger partial charge in [0.1, 0.15) is 18.3 Å². The fourth-order valence-corrected chi connectivity index (χ4v) is 2.95. The van der Waals surface area contributed by atoms with Crippen LogP contribution in [0.3, 0.4) is 0 Å². The van der Waals surface area contributed by atoms with Gasteiger partial charge in [-0.25, -0.2) is 0 Å². The molecule has 8 nitrogen and oxygen atoms in total. The summed E-state index contributed by atoms with van der Waals surface area (Å²) < 4.78 is 7.47. The number of guanidine groups is 1. The standard InChI is InChI=1S/C17H30N6O2.HI/c1-3-15-22-21-13-23(15)12-11-20-17(18-2)19-10-6-9-16(24)25-14-7-4-5-8-14;/h13-14H,3-12H2,1-2H3,(H2,18,19,20);1H. The van der Waals surface area contributed by atoms with Crippen molar-refractivity contribution in [2.45, 2.75) is 64.5 Å². The summed E-state index contributed by atoms with van der Waals surface area (Å²) >= 11 is 0. The van der Waals surface area contributed by atoms with Gasteiger partial charge in [-0.3, -0.25) is 9.79 Å². The molecule has 1 aliphatic carbocycles. The van der Waals surface area contributed by atoms with Crippen LogP contribution in [0.2, 0.25) is 0 Å². The van der Waals surface area contributed by atoms with E-state index >= 15 is 0 Å². The van der Waals surface area contributed by atoms with Crippen molar-refractivity contribution in [3.05, 3.63) is 12.2 Å². The highest BCUT2D eigenvalue weighted by Crippen LogP contribution is 2.21. The van der Waals surface area contributed by atoms with E-state index in [1.54, 1.807) is 13.4 Å². The molecule has 1 aromatic heterocycles. The Labute approximate surface area is 172 Å². The second-order valence-electron chi connectivity index (χ2n) is 6.22. The van der Waals surface area contributed by atoms with Crippen molar-refractivity contribution in [1.29, 1.82) is 0 Å². The van der Waals surface area contributed by atoms with Crippen molar-refractivity contribution in [2.24, 2.45) is 4.99 Å². The van der Waals surface area contributed by atoms with E-state index in [-0.39, 0.29) is 36.0 Å². The van der Waals surface area contributed by atoms with Gasteiger partial charge in [-0.05, 0) is 32.1 Å². The number of rotatable bonds is 9. The third-order valence-corrected chi connectivity index (χ3v) is 4.33. The Kier molecular flexibility index (Phi) is 11.2. The van der Waals surface area contributed by atoms with Crippen LogP contribution in [-0.4, -0.2) is 52.9 Å². The first-order chi connectivity index (χ1) is 12.2. The fourth-order valence-electron chi connectivity index (χ4n) is 2.95. The predicted octanol–water partition coefficient (Wildman–Crippen LogP) is 1.89. The van der Waals surface area contributed by atoms with Crippen molar-refractivity contribution in [2.75, 3.05) is 20.1 Å². The van der Waals surface area contributed by atoms with E-state index < -0.39 is 0 Å². The zero-order chi connectivity index (χ0) is 17.9. The smallest absolute Gasteiger partial charge is 0.306 e. The highest BCUT2D eigenvalue weighted by Gasteiger charge is 2.18. The van der Waals surface area contributed by atoms with E-state index in [1.807, 2.05) is 4.57 Å². The molecule has 0 saturated heterocycles. The number of aromatic nitrogens is 3. The van der Waals surface area contributed by atoms with Gasteiger partial charge in [-0.1, -0.05) is 6.92 Å². The van der Waals surface area contributed by atoms with Crippen molar-refractivity contribution in [3.8, 4) is 0 Å². The topological polar surface area (TPSA) is 93.4 Å². The van der Waals surface area contributed by atoms with E-state index in [0.717, 1.165) is 50.6 Å². The molecule has 0 amide bonds. The van der Waals surface area contributed by atoms with Crippen LogP contribution in [0, 0.1) is 0 Å². The monoisotopic (exact) mass is 478 g/mol. The molecular weight excluding hydrogens is 447 g/mol. The molecule has 2 rings (SSSR count). The number of aliphatic imine (C=N–C) groups is 1. The molecule has 0 bridgehead atoms. The number of aryl methyl sites for hydroxylation is 1. The molecule has 1 aromatic rings. The first kappa shape index (κ1) is 22.7. The first-order valence-electron chi connectivity index (χ1n) is 9.23. The second-order valence-corrected chi connectivity index (χ2v) is 6.22. The number of nitrogens with one attached hydrogen (secondary N) is 2. The minimum atomic E-state index is -0.0867. The lowest BCUT2D eigenvalue weighted by Crippen LogP contribution is -2.39. The van der Waals surface area contributed by atoms with Gasteiger partial charge in [0, 0.05) is 39.5 Å². The summed E-state index contributed by atoms with van der Waals surface area (Å²) in [5.74, 6) is 1.62. The Morgan fingerprint density at radius 3 is 2.77 bits per heavy atom. The Balaban J connectivity index is 0.00000338. The van der Waals surface area contributed by atoms with Gasteiger partial charge in [0.15, 0.2) is 5.96 Å². The molecule has 1 heterocycles. The number of esters is 1. The van der Waals surface area contributed by atoms with Crippen LogP contribution < -0.4 is 10.6 Å². The van der Waals surface area contributed by atoms with Crippen LogP contribution in [-0.2, 0) is 22.5 Å². The maximum Gasteiger partial charge on any atom is 0.306 e. The molecule has 9 heteroatoms. The normalized spacial score (nSPS) is 14.8. The van der Waals surface area contributed by atoms with E-state index in [0.29, 0.717) is 13.0 Å². The average molecular weight is 478 g/mol. The molecule has 1 aliphatic rings. The molecule has 0 spiro atoms. The van der Waals surface area contributed by atoms with Gasteiger partial charge in [-0.2, -0.15) is 0 Å². The quantitative estimate of drug-likeness (QED) is 0.185. The highest BCUT2D eigenvalue weighted by atomic mass is 127. The Morgan fingerprint density at radius 2 is 2.08 bits per heavy atom. The van der Waals surface area contributed by atoms with Crippen LogP contribution in [0.5, 0.6) is 0 Å². The number of nitrogens with zero attached hydrogens (tertiary/aromatic N) is 4. The molecule has 0 aromatic carbocycles. The number of carbonyl (C=O) groups excluding carboxylic acids is 1. The number of ether oxygens (including phenoxy) is 1. The summed E-state index contributed by atoms with van der Waals surface area (Å²) in [6, 6.07) is 0. The third-order valence-electron chi connectivity index (χ3n) is 4.33. The van der Waals surface area contributed by atoms with Crippen molar-refractivity contribution < 1.29 is 9.53 Å². The van der Waals surface area contributed by atoms with Gasteiger partial charge in [-0.15, -0.1) is 34.2 Å². The third kappa shape index (κ3) is 7.88. The molecular formula is C17H31IN6O2. The SMILES string of the molecule is CCc1nncn1CCNC(=NC)NCCCC(=O)OC1CCCC1.I. The summed E-state index contributed by atoms with van der Waals surface area (Å²) in [5, 5.41) is 14.5. The first-order valence-corrected chi connectivity index (χ1v) is 9.23. The lowest BCUT2D eigenvalue weighted by molar-refractivity contribution is -0.148. The van der Waals surface area contributed by atoms with Crippen LogP contribution in [0.1, 0.15) is 51.3 Å². The predicted molar refractivity (Wildman–Crippen MR) is 112 cm³/mol. The van der Waals surface area contributed by atoms with Crippen LogP contribution >= 0.6 is 24.0 Å². The molecule has 0 radical (unpaired) electrons. The zero-order valence-electron chi connectivity index (χ0n) is 15.7. The maximum absolute atomic E-state index is 11.8. The van der Waals surface area contributed by atoms with Gasteiger partial charge < -0.3 is 19.9 Å². The van der Waals surface area contributed by atoms with Gasteiger partial charge >= 0.3 is 5.97 Å². The Morgan fingerprint density at radius 1 is 1.35 bits per heavy atom. The number of halogens is 1. The van der Waals surface area contributed by atoms with Gasteiger partial charge in [0.2, 0.25) is 0 Å². The number of hydrogen-bond acceptors (Lipinski definition) is 5. The summed E-state index contributed by atoms with van der Waals surface area (Å²) in [7, 11) is 1.74. The molecule has 148 valence electrons. The lowest BCUT2D eigenvalue weighted by atomic mass is 10.3. The van der Waals surface area contributed by atoms with Crippen LogP contribution in [0.4, 0.5) is 0 Å². The van der Waals surface area contributed by atoms with E-state index in [2.05, 4.69) is 32.7 Å². The molecule has 1 fully saturated rings. The van der Waals surface area contributed by atoms with Crippen LogP contribution in [0.15, 0.2) is 11.3 Å². The average Bonchev–Trinajstić information content (AvgIpc) is 3.28. The van der Waals surface area contributed by atoms with Gasteiger partial charge in [0.05, 0.1) is 0 Å². The van der Waals surface area contributed by atoms with E-state index in [1.165, 1.54) is 12.8 Å². The number of hydrogen-bond donors (Lipinski definition) is 2. The Hall–Kier alpha value is -1.39. The summed E-state index contributed by atoms with van der Waals surface area (Å²) in [4.78, 5) is 16.0. The maximum atomic E-state index is 11.8. The van der Waals surface area contributed by atoms with Crippen molar-refractivity contribution in [1.82, 2.24) is 25.4 Å². The van der Waals surface area contributed by atoms with Crippen molar-refractivity contribution in [3.63, 3.8) is 0 Å². The summed E-state index contributed by atoms with van der Waals surface area (Å²) in [5.41, 5.74) is 0. The van der Waals surface area contributed by atoms with Crippen LogP contribution in [0.25, 0.3) is 0 Å². The molecule has 0 aliphatic heterocycles. The molecule has 26 heavy (non-hydrogen) atoms. The minimum Gasteiger partial charge on any atom is -0.462 e. The molecule has 0 unspecified atom stereocenters. The summed E-state index contributed by atoms with van der Waals surface area (Å²) in [6.07, 6.45) is 8.34. The van der Waals surface area contributed by atoms with E-state index in [9.17, 15) is 4.79 Å². The van der Waals surface area contributed by atoms with Gasteiger partial charge in [0.25, 0.3) is 0 Å². The fraction of sp³-hybridized carbons (Fsp3) is 0.765. The highest BCUT2D eigenvalue weighted by molar-refractivity contribution is 14.0. The molecule has 2 N–H and O–H groups in total. The number of carbonyl (C=O) groups is 1. The Bertz CT molecular complexity index is 557. The molecule has 1 saturated carbocycles. The second kappa shape index (κ2) is 12.9. The minimum absolute atomic E-state index is 0. The van der Waals surface area contributed by atoms with Crippen molar-refractivity contribution >= 4 is 35.9 Å².